The summed E-state index contributed by atoms with van der Waals surface area (Å²) in [7, 11) is 3.46. The van der Waals surface area contributed by atoms with Gasteiger partial charge in [-0.3, -0.25) is 4.79 Å². The first-order valence-electron chi connectivity index (χ1n) is 4.69. The molecule has 2 nitrogen and oxygen atoms in total. The Labute approximate surface area is 86.7 Å². The fourth-order valence-corrected chi connectivity index (χ4v) is 2.17. The van der Waals surface area contributed by atoms with E-state index in [-0.39, 0.29) is 17.8 Å². The van der Waals surface area contributed by atoms with E-state index in [2.05, 4.69) is 10.2 Å². The molecule has 14 heavy (non-hydrogen) atoms. The molecule has 0 saturated carbocycles. The fraction of sp³-hybridized carbons (Fsp3) is 0.364. The van der Waals surface area contributed by atoms with E-state index in [1.165, 1.54) is 0 Å². The maximum Gasteiger partial charge on any atom is 0.313 e. The van der Waals surface area contributed by atoms with E-state index in [4.69, 9.17) is 4.74 Å². The van der Waals surface area contributed by atoms with Crippen LogP contribution in [0.2, 0.25) is 6.04 Å². The topological polar surface area (TPSA) is 26.3 Å². The molecular weight excluding hydrogens is 192 g/mol. The smallest absolute Gasteiger partial charge is 0.313 e. The number of carbonyl (C=O) groups excluding carboxylic acids is 1. The van der Waals surface area contributed by atoms with E-state index in [0.717, 1.165) is 11.6 Å². The van der Waals surface area contributed by atoms with E-state index in [0.29, 0.717) is 6.61 Å². The van der Waals surface area contributed by atoms with E-state index in [1.54, 1.807) is 0 Å². The van der Waals surface area contributed by atoms with Gasteiger partial charge in [-0.25, -0.2) is 0 Å². The number of hydrogen-bond donors (Lipinski definition) is 0. The van der Waals surface area contributed by atoms with Crippen molar-refractivity contribution in [2.75, 3.05) is 6.61 Å². The fourth-order valence-electron chi connectivity index (χ4n) is 1.81. The van der Waals surface area contributed by atoms with Crippen molar-refractivity contribution in [2.45, 2.75) is 12.0 Å². The number of benzene rings is 1. The second-order valence-electron chi connectivity index (χ2n) is 3.48. The van der Waals surface area contributed by atoms with E-state index in [1.807, 2.05) is 30.3 Å². The van der Waals surface area contributed by atoms with Crippen LogP contribution in [0, 0.1) is 5.92 Å². The average Bonchev–Trinajstić information content (AvgIpc) is 2.61. The number of cyclic esters (lactones) is 1. The summed E-state index contributed by atoms with van der Waals surface area (Å²) in [6.07, 6.45) is 0. The first-order valence-corrected chi connectivity index (χ1v) is 5.40. The van der Waals surface area contributed by atoms with Gasteiger partial charge in [-0.05, 0) is 5.56 Å². The van der Waals surface area contributed by atoms with E-state index in [9.17, 15) is 4.79 Å². The molecule has 0 amide bonds. The third kappa shape index (κ3) is 1.59. The first-order chi connectivity index (χ1) is 6.83. The quantitative estimate of drug-likeness (QED) is 0.538. The lowest BCUT2D eigenvalue weighted by Gasteiger charge is -2.12. The van der Waals surface area contributed by atoms with Gasteiger partial charge in [0.2, 0.25) is 0 Å². The Morgan fingerprint density at radius 3 is 2.71 bits per heavy atom. The summed E-state index contributed by atoms with van der Waals surface area (Å²) < 4.78 is 5.05. The van der Waals surface area contributed by atoms with Crippen LogP contribution in [0.4, 0.5) is 0 Å². The molecule has 0 aliphatic carbocycles. The Bertz CT molecular complexity index is 323. The Balaban J connectivity index is 2.28. The van der Waals surface area contributed by atoms with Crippen LogP contribution < -0.4 is 0 Å². The molecule has 2 unspecified atom stereocenters. The zero-order valence-electron chi connectivity index (χ0n) is 7.77. The highest BCUT2D eigenvalue weighted by Crippen LogP contribution is 2.33. The van der Waals surface area contributed by atoms with Crippen LogP contribution in [0.3, 0.4) is 0 Å². The molecule has 1 aromatic rings. The zero-order chi connectivity index (χ0) is 9.97. The van der Waals surface area contributed by atoms with Crippen molar-refractivity contribution in [1.82, 2.24) is 0 Å². The highest BCUT2D eigenvalue weighted by atomic mass is 28.1. The molecule has 0 spiro atoms. The summed E-state index contributed by atoms with van der Waals surface area (Å²) in [6.45, 7) is 0.530. The number of hydrogen-bond acceptors (Lipinski definition) is 2. The number of ether oxygens (including phenoxy) is 1. The third-order valence-electron chi connectivity index (χ3n) is 2.59. The van der Waals surface area contributed by atoms with Crippen molar-refractivity contribution >= 4 is 16.2 Å². The molecule has 3 heteroatoms. The lowest BCUT2D eigenvalue weighted by Crippen LogP contribution is -2.13. The van der Waals surface area contributed by atoms with Gasteiger partial charge in [-0.2, -0.15) is 0 Å². The van der Waals surface area contributed by atoms with Crippen molar-refractivity contribution in [2.24, 2.45) is 5.92 Å². The second kappa shape index (κ2) is 3.96. The molecule has 1 aliphatic heterocycles. The molecule has 2 atom stereocenters. The Morgan fingerprint density at radius 1 is 1.36 bits per heavy atom. The molecule has 2 rings (SSSR count). The summed E-state index contributed by atoms with van der Waals surface area (Å²) in [5.74, 6) is 0.0784. The molecule has 3 radical (unpaired) electrons. The van der Waals surface area contributed by atoms with E-state index < -0.39 is 0 Å². The molecule has 1 aliphatic rings. The van der Waals surface area contributed by atoms with Gasteiger partial charge >= 0.3 is 5.97 Å². The van der Waals surface area contributed by atoms with Gasteiger partial charge in [0.25, 0.3) is 0 Å². The van der Waals surface area contributed by atoms with Crippen LogP contribution in [-0.4, -0.2) is 22.8 Å². The standard InChI is InChI=1S/C11H11O2Si/c12-11-10(9(7-14)6-13-11)8-4-2-1-3-5-8/h1-5,9-10H,6-7H2. The largest absolute Gasteiger partial charge is 0.465 e. The predicted octanol–water partition coefficient (Wildman–Crippen LogP) is 1.53. The van der Waals surface area contributed by atoms with Gasteiger partial charge in [0.15, 0.2) is 0 Å². The van der Waals surface area contributed by atoms with Crippen molar-refractivity contribution in [1.29, 1.82) is 0 Å². The molecule has 1 heterocycles. The lowest BCUT2D eigenvalue weighted by atomic mass is 9.90. The predicted molar refractivity (Wildman–Crippen MR) is 54.2 cm³/mol. The van der Waals surface area contributed by atoms with Gasteiger partial charge in [0.05, 0.1) is 12.5 Å². The maximum absolute atomic E-state index is 11.5. The van der Waals surface area contributed by atoms with Crippen molar-refractivity contribution in [3.8, 4) is 0 Å². The average molecular weight is 203 g/mol. The first kappa shape index (κ1) is 9.46. The van der Waals surface area contributed by atoms with Crippen molar-refractivity contribution in [3.05, 3.63) is 35.9 Å². The normalized spacial score (nSPS) is 26.2. The maximum atomic E-state index is 11.5. The SMILES string of the molecule is O=C1OCC(C[Si])C1c1ccccc1. The van der Waals surface area contributed by atoms with Crippen LogP contribution in [0.5, 0.6) is 0 Å². The lowest BCUT2D eigenvalue weighted by molar-refractivity contribution is -0.139. The van der Waals surface area contributed by atoms with Crippen LogP contribution in [-0.2, 0) is 9.53 Å². The monoisotopic (exact) mass is 203 g/mol. The zero-order valence-corrected chi connectivity index (χ0v) is 8.77. The molecule has 0 N–H and O–H groups in total. The van der Waals surface area contributed by atoms with Gasteiger partial charge in [0, 0.05) is 16.2 Å². The minimum absolute atomic E-state index is 0.0892. The van der Waals surface area contributed by atoms with Crippen LogP contribution >= 0.6 is 0 Å². The van der Waals surface area contributed by atoms with Crippen LogP contribution in [0.15, 0.2) is 30.3 Å². The minimum Gasteiger partial charge on any atom is -0.465 e. The van der Waals surface area contributed by atoms with Gasteiger partial charge in [-0.15, -0.1) is 0 Å². The number of esters is 1. The summed E-state index contributed by atoms with van der Waals surface area (Å²) in [4.78, 5) is 11.5. The summed E-state index contributed by atoms with van der Waals surface area (Å²) >= 11 is 0. The highest BCUT2D eigenvalue weighted by molar-refractivity contribution is 6.09. The third-order valence-corrected chi connectivity index (χ3v) is 3.11. The molecular formula is C11H11O2Si. The molecule has 1 saturated heterocycles. The molecule has 1 fully saturated rings. The van der Waals surface area contributed by atoms with E-state index >= 15 is 0 Å². The minimum atomic E-state index is -0.0977. The van der Waals surface area contributed by atoms with Crippen LogP contribution in [0.25, 0.3) is 0 Å². The van der Waals surface area contributed by atoms with Gasteiger partial charge in [0.1, 0.15) is 0 Å². The Hall–Kier alpha value is -1.09. The molecule has 0 aromatic heterocycles. The molecule has 71 valence electrons. The molecule has 1 aromatic carbocycles. The number of rotatable bonds is 2. The van der Waals surface area contributed by atoms with Crippen molar-refractivity contribution < 1.29 is 9.53 Å². The number of carbonyl (C=O) groups is 1. The second-order valence-corrected chi connectivity index (χ2v) is 3.89. The van der Waals surface area contributed by atoms with Gasteiger partial charge < -0.3 is 4.74 Å². The summed E-state index contributed by atoms with van der Waals surface area (Å²) in [6, 6.07) is 10.6. The summed E-state index contributed by atoms with van der Waals surface area (Å²) in [5, 5.41) is 0. The highest BCUT2D eigenvalue weighted by Gasteiger charge is 2.36. The summed E-state index contributed by atoms with van der Waals surface area (Å²) in [5.41, 5.74) is 1.05. The molecule has 0 bridgehead atoms. The van der Waals surface area contributed by atoms with Crippen molar-refractivity contribution in [3.63, 3.8) is 0 Å². The Morgan fingerprint density at radius 2 is 2.07 bits per heavy atom. The van der Waals surface area contributed by atoms with Gasteiger partial charge in [-0.1, -0.05) is 36.4 Å². The van der Waals surface area contributed by atoms with Crippen LogP contribution in [0.1, 0.15) is 11.5 Å². The Kier molecular flexibility index (Phi) is 2.68.